The fraction of sp³-hybridized carbons (Fsp3) is 0.364. The highest BCUT2D eigenvalue weighted by molar-refractivity contribution is 9.10. The maximum atomic E-state index is 11.6. The van der Waals surface area contributed by atoms with Crippen LogP contribution in [0.25, 0.3) is 0 Å². The summed E-state index contributed by atoms with van der Waals surface area (Å²) in [5.74, 6) is 0.627. The lowest BCUT2D eigenvalue weighted by Gasteiger charge is -2.05. The van der Waals surface area contributed by atoms with Gasteiger partial charge in [0.25, 0.3) is 0 Å². The summed E-state index contributed by atoms with van der Waals surface area (Å²) in [5, 5.41) is 0. The Labute approximate surface area is 87.3 Å². The van der Waals surface area contributed by atoms with Gasteiger partial charge in [0.1, 0.15) is 0 Å². The minimum Gasteiger partial charge on any atom is -0.294 e. The van der Waals surface area contributed by atoms with Gasteiger partial charge in [0, 0.05) is 16.5 Å². The first-order valence-electron chi connectivity index (χ1n) is 4.39. The molecule has 0 atom stereocenters. The molecule has 0 unspecified atom stereocenters. The average molecular weight is 241 g/mol. The van der Waals surface area contributed by atoms with Gasteiger partial charge in [-0.25, -0.2) is 0 Å². The Hall–Kier alpha value is -0.630. The molecular weight excluding hydrogens is 228 g/mol. The van der Waals surface area contributed by atoms with Crippen LogP contribution in [-0.4, -0.2) is 5.78 Å². The summed E-state index contributed by atoms with van der Waals surface area (Å²) in [6, 6.07) is 7.55. The van der Waals surface area contributed by atoms with E-state index in [0.717, 1.165) is 10.0 Å². The fourth-order valence-electron chi connectivity index (χ4n) is 1.17. The van der Waals surface area contributed by atoms with Gasteiger partial charge in [-0.3, -0.25) is 4.79 Å². The molecule has 0 bridgehead atoms. The number of carbonyl (C=O) groups is 1. The van der Waals surface area contributed by atoms with Crippen molar-refractivity contribution in [1.29, 1.82) is 0 Å². The third-order valence-electron chi connectivity index (χ3n) is 1.77. The number of carbonyl (C=O) groups excluding carboxylic acids is 1. The first-order valence-corrected chi connectivity index (χ1v) is 5.18. The summed E-state index contributed by atoms with van der Waals surface area (Å²) in [6.45, 7) is 4.10. The van der Waals surface area contributed by atoms with Crippen LogP contribution in [0.15, 0.2) is 28.7 Å². The van der Waals surface area contributed by atoms with Gasteiger partial charge in [0.15, 0.2) is 5.78 Å². The van der Waals surface area contributed by atoms with E-state index in [2.05, 4.69) is 29.8 Å². The molecular formula is C11H13BrO. The number of hydrogen-bond acceptors (Lipinski definition) is 1. The van der Waals surface area contributed by atoms with Crippen LogP contribution in [0, 0.1) is 5.92 Å². The maximum Gasteiger partial charge on any atom is 0.164 e. The maximum absolute atomic E-state index is 11.6. The predicted molar refractivity (Wildman–Crippen MR) is 57.9 cm³/mol. The molecule has 0 heterocycles. The molecule has 2 heteroatoms. The second-order valence-corrected chi connectivity index (χ2v) is 4.36. The van der Waals surface area contributed by atoms with Gasteiger partial charge in [-0.15, -0.1) is 0 Å². The van der Waals surface area contributed by atoms with Gasteiger partial charge in [-0.2, -0.15) is 0 Å². The predicted octanol–water partition coefficient (Wildman–Crippen LogP) is 3.68. The van der Waals surface area contributed by atoms with E-state index in [9.17, 15) is 4.79 Å². The number of Topliss-reactive ketones (excluding diaryl/α,β-unsaturated/α-hetero) is 1. The third kappa shape index (κ3) is 2.96. The Morgan fingerprint density at radius 3 is 2.54 bits per heavy atom. The van der Waals surface area contributed by atoms with Crippen molar-refractivity contribution in [3.05, 3.63) is 34.3 Å². The van der Waals surface area contributed by atoms with Crippen molar-refractivity contribution in [2.24, 2.45) is 5.92 Å². The molecule has 1 rings (SSSR count). The molecule has 0 aliphatic rings. The molecule has 13 heavy (non-hydrogen) atoms. The van der Waals surface area contributed by atoms with Crippen molar-refractivity contribution in [1.82, 2.24) is 0 Å². The minimum atomic E-state index is 0.211. The number of ketones is 1. The van der Waals surface area contributed by atoms with Crippen LogP contribution in [0.4, 0.5) is 0 Å². The summed E-state index contributed by atoms with van der Waals surface area (Å²) < 4.78 is 0.889. The Morgan fingerprint density at radius 2 is 2.00 bits per heavy atom. The highest BCUT2D eigenvalue weighted by atomic mass is 79.9. The minimum absolute atomic E-state index is 0.211. The quantitative estimate of drug-likeness (QED) is 0.738. The van der Waals surface area contributed by atoms with E-state index in [1.807, 2.05) is 24.3 Å². The van der Waals surface area contributed by atoms with Crippen molar-refractivity contribution in [2.75, 3.05) is 0 Å². The van der Waals surface area contributed by atoms with Crippen molar-refractivity contribution >= 4 is 21.7 Å². The van der Waals surface area contributed by atoms with Gasteiger partial charge in [-0.1, -0.05) is 48.0 Å². The van der Waals surface area contributed by atoms with Crippen LogP contribution >= 0.6 is 15.9 Å². The van der Waals surface area contributed by atoms with Crippen LogP contribution < -0.4 is 0 Å². The zero-order chi connectivity index (χ0) is 9.84. The largest absolute Gasteiger partial charge is 0.294 e. The first-order chi connectivity index (χ1) is 6.11. The molecule has 0 saturated carbocycles. The molecule has 0 N–H and O–H groups in total. The zero-order valence-electron chi connectivity index (χ0n) is 7.88. The van der Waals surface area contributed by atoms with E-state index in [1.165, 1.54) is 0 Å². The van der Waals surface area contributed by atoms with Crippen molar-refractivity contribution in [2.45, 2.75) is 20.3 Å². The molecule has 70 valence electrons. The molecule has 0 aromatic heterocycles. The first kappa shape index (κ1) is 10.5. The van der Waals surface area contributed by atoms with E-state index >= 15 is 0 Å². The second kappa shape index (κ2) is 4.56. The average Bonchev–Trinajstić information content (AvgIpc) is 2.03. The second-order valence-electron chi connectivity index (χ2n) is 3.50. The lowest BCUT2D eigenvalue weighted by Crippen LogP contribution is -2.03. The highest BCUT2D eigenvalue weighted by Crippen LogP contribution is 2.19. The number of benzene rings is 1. The summed E-state index contributed by atoms with van der Waals surface area (Å²) in [5.41, 5.74) is 0.788. The van der Waals surface area contributed by atoms with Gasteiger partial charge >= 0.3 is 0 Å². The number of rotatable bonds is 3. The van der Waals surface area contributed by atoms with Crippen LogP contribution in [-0.2, 0) is 0 Å². The summed E-state index contributed by atoms with van der Waals surface area (Å²) in [4.78, 5) is 11.6. The Bertz CT molecular complexity index is 305. The molecule has 0 amide bonds. The fourth-order valence-corrected chi connectivity index (χ4v) is 1.67. The molecule has 1 aromatic rings. The van der Waals surface area contributed by atoms with Crippen molar-refractivity contribution in [3.63, 3.8) is 0 Å². The van der Waals surface area contributed by atoms with Gasteiger partial charge in [-0.05, 0) is 12.0 Å². The van der Waals surface area contributed by atoms with Gasteiger partial charge < -0.3 is 0 Å². The molecule has 0 fully saturated rings. The standard InChI is InChI=1S/C11H13BrO/c1-8(2)7-11(13)9-5-3-4-6-10(9)12/h3-6,8H,7H2,1-2H3. The summed E-state index contributed by atoms with van der Waals surface area (Å²) in [7, 11) is 0. The molecule has 1 aromatic carbocycles. The molecule has 1 nitrogen and oxygen atoms in total. The van der Waals surface area contributed by atoms with E-state index in [1.54, 1.807) is 0 Å². The topological polar surface area (TPSA) is 17.1 Å². The van der Waals surface area contributed by atoms with E-state index in [-0.39, 0.29) is 5.78 Å². The highest BCUT2D eigenvalue weighted by Gasteiger charge is 2.10. The molecule has 0 saturated heterocycles. The van der Waals surface area contributed by atoms with E-state index in [0.29, 0.717) is 12.3 Å². The van der Waals surface area contributed by atoms with Gasteiger partial charge in [0.2, 0.25) is 0 Å². The Morgan fingerprint density at radius 1 is 1.38 bits per heavy atom. The summed E-state index contributed by atoms with van der Waals surface area (Å²) in [6.07, 6.45) is 0.614. The molecule has 0 radical (unpaired) electrons. The van der Waals surface area contributed by atoms with Crippen LogP contribution in [0.5, 0.6) is 0 Å². The Kier molecular flexibility index (Phi) is 3.67. The van der Waals surface area contributed by atoms with E-state index < -0.39 is 0 Å². The lowest BCUT2D eigenvalue weighted by atomic mass is 10.0. The SMILES string of the molecule is CC(C)CC(=O)c1ccccc1Br. The van der Waals surface area contributed by atoms with Crippen molar-refractivity contribution < 1.29 is 4.79 Å². The van der Waals surface area contributed by atoms with Gasteiger partial charge in [0.05, 0.1) is 0 Å². The number of halogens is 1. The monoisotopic (exact) mass is 240 g/mol. The van der Waals surface area contributed by atoms with Crippen LogP contribution in [0.3, 0.4) is 0 Å². The van der Waals surface area contributed by atoms with Crippen molar-refractivity contribution in [3.8, 4) is 0 Å². The smallest absolute Gasteiger partial charge is 0.164 e. The Balaban J connectivity index is 2.83. The van der Waals surface area contributed by atoms with E-state index in [4.69, 9.17) is 0 Å². The normalized spacial score (nSPS) is 10.5. The molecule has 0 aliphatic carbocycles. The lowest BCUT2D eigenvalue weighted by molar-refractivity contribution is 0.0967. The van der Waals surface area contributed by atoms with Crippen LogP contribution in [0.1, 0.15) is 30.6 Å². The zero-order valence-corrected chi connectivity index (χ0v) is 9.47. The summed E-state index contributed by atoms with van der Waals surface area (Å²) >= 11 is 3.37. The molecule has 0 spiro atoms. The number of hydrogen-bond donors (Lipinski definition) is 0. The molecule has 0 aliphatic heterocycles. The third-order valence-corrected chi connectivity index (χ3v) is 2.46. The van der Waals surface area contributed by atoms with Crippen LogP contribution in [0.2, 0.25) is 0 Å².